The zero-order chi connectivity index (χ0) is 28.9. The van der Waals surface area contributed by atoms with Crippen LogP contribution in [0.2, 0.25) is 0 Å². The molecule has 1 rings (SSSR count). The molecule has 0 aliphatic heterocycles. The molecule has 1 atom stereocenters. The number of alkyl carbamates (subject to hydrolysis) is 1. The highest BCUT2D eigenvalue weighted by Crippen LogP contribution is 2.24. The van der Waals surface area contributed by atoms with Crippen LogP contribution in [0.4, 0.5) is 10.5 Å². The summed E-state index contributed by atoms with van der Waals surface area (Å²) in [6.45, 7) is 14.5. The molecule has 0 aliphatic carbocycles. The predicted octanol–water partition coefficient (Wildman–Crippen LogP) is 4.75. The lowest BCUT2D eigenvalue weighted by Gasteiger charge is -2.34. The number of hydrazine groups is 1. The van der Waals surface area contributed by atoms with E-state index in [2.05, 4.69) is 16.6 Å². The van der Waals surface area contributed by atoms with E-state index in [9.17, 15) is 19.2 Å². The molecule has 0 saturated heterocycles. The lowest BCUT2D eigenvalue weighted by molar-refractivity contribution is -0.139. The molecule has 1 aromatic carbocycles. The Bertz CT molecular complexity index is 981. The van der Waals surface area contributed by atoms with E-state index in [-0.39, 0.29) is 24.7 Å². The highest BCUT2D eigenvalue weighted by Gasteiger charge is 2.31. The van der Waals surface area contributed by atoms with Crippen molar-refractivity contribution < 1.29 is 33.4 Å². The number of carbonyl (C=O) groups is 4. The molecule has 38 heavy (non-hydrogen) atoms. The van der Waals surface area contributed by atoms with Gasteiger partial charge in [0.25, 0.3) is 5.91 Å². The number of carbonyl (C=O) groups excluding carboxylic acids is 4. The molecule has 10 nitrogen and oxygen atoms in total. The Morgan fingerprint density at radius 2 is 1.71 bits per heavy atom. The summed E-state index contributed by atoms with van der Waals surface area (Å²) in [5.74, 6) is -0.684. The molecular formula is C28H41N3O7. The van der Waals surface area contributed by atoms with Crippen LogP contribution in [-0.2, 0) is 23.9 Å². The Morgan fingerprint density at radius 1 is 1.08 bits per heavy atom. The molecule has 1 N–H and O–H groups in total. The van der Waals surface area contributed by atoms with Crippen molar-refractivity contribution in [3.05, 3.63) is 49.2 Å². The van der Waals surface area contributed by atoms with E-state index >= 15 is 0 Å². The number of hydrogen-bond acceptors (Lipinski definition) is 7. The smallest absolute Gasteiger partial charge is 0.408 e. The minimum atomic E-state index is -1.06. The number of nitrogens with zero attached hydrogens (tertiary/aromatic N) is 2. The first-order valence-corrected chi connectivity index (χ1v) is 12.5. The van der Waals surface area contributed by atoms with Gasteiger partial charge < -0.3 is 19.5 Å². The summed E-state index contributed by atoms with van der Waals surface area (Å²) in [6, 6.07) is 5.48. The fourth-order valence-electron chi connectivity index (χ4n) is 3.05. The molecule has 0 fully saturated rings. The van der Waals surface area contributed by atoms with E-state index in [1.54, 1.807) is 51.1 Å². The average Bonchev–Trinajstić information content (AvgIpc) is 2.84. The Labute approximate surface area is 225 Å². The van der Waals surface area contributed by atoms with Gasteiger partial charge >= 0.3 is 12.1 Å². The van der Waals surface area contributed by atoms with Crippen LogP contribution in [0, 0.1) is 5.92 Å². The van der Waals surface area contributed by atoms with Crippen LogP contribution in [-0.4, -0.2) is 54.2 Å². The number of amides is 3. The van der Waals surface area contributed by atoms with Crippen LogP contribution in [0.3, 0.4) is 0 Å². The number of benzene rings is 1. The standard InChI is InChI=1S/C28H41N3O7/c1-9-19-37-23-15-13-22(14-16-23)31(26(34)21(4)29-27(35)38-28(5,6)7)30(18-10-11-25(33)36-8)24(32)17-12-20(2)3/h9-10,13-16,18,20-21H,1,11-12,17,19H2,2-8H3,(H,29,35)/t21-/m0/s1. The lowest BCUT2D eigenvalue weighted by atomic mass is 10.1. The van der Waals surface area contributed by atoms with E-state index in [0.29, 0.717) is 24.5 Å². The number of hydrogen-bond donors (Lipinski definition) is 1. The molecule has 0 saturated carbocycles. The van der Waals surface area contributed by atoms with Crippen molar-refractivity contribution in [3.8, 4) is 5.75 Å². The fourth-order valence-corrected chi connectivity index (χ4v) is 3.05. The summed E-state index contributed by atoms with van der Waals surface area (Å²) in [5, 5.41) is 4.84. The topological polar surface area (TPSA) is 114 Å². The highest BCUT2D eigenvalue weighted by atomic mass is 16.6. The predicted molar refractivity (Wildman–Crippen MR) is 145 cm³/mol. The van der Waals surface area contributed by atoms with E-state index in [1.807, 2.05) is 13.8 Å². The minimum absolute atomic E-state index is 0.105. The summed E-state index contributed by atoms with van der Waals surface area (Å²) in [7, 11) is 1.26. The summed E-state index contributed by atoms with van der Waals surface area (Å²) in [4.78, 5) is 51.1. The molecule has 0 aromatic heterocycles. The second kappa shape index (κ2) is 15.4. The molecule has 0 spiro atoms. The molecule has 0 aliphatic rings. The lowest BCUT2D eigenvalue weighted by Crippen LogP contribution is -2.54. The fraction of sp³-hybridized carbons (Fsp3) is 0.500. The van der Waals surface area contributed by atoms with E-state index in [0.717, 1.165) is 10.0 Å². The molecule has 3 amide bonds. The van der Waals surface area contributed by atoms with Crippen molar-refractivity contribution in [2.75, 3.05) is 18.7 Å². The molecular weight excluding hydrogens is 490 g/mol. The van der Waals surface area contributed by atoms with Gasteiger partial charge in [-0.2, -0.15) is 0 Å². The number of methoxy groups -OCH3 is 1. The average molecular weight is 532 g/mol. The molecule has 0 heterocycles. The van der Waals surface area contributed by atoms with Gasteiger partial charge in [0.05, 0.1) is 19.2 Å². The van der Waals surface area contributed by atoms with Gasteiger partial charge in [-0.25, -0.2) is 14.8 Å². The summed E-state index contributed by atoms with van der Waals surface area (Å²) >= 11 is 0. The maximum absolute atomic E-state index is 13.7. The van der Waals surface area contributed by atoms with Crippen molar-refractivity contribution in [1.29, 1.82) is 0 Å². The quantitative estimate of drug-likeness (QED) is 0.235. The number of esters is 1. The Hall–Kier alpha value is -3.82. The Balaban J connectivity index is 3.46. The molecule has 1 aromatic rings. The maximum Gasteiger partial charge on any atom is 0.408 e. The second-order valence-corrected chi connectivity index (χ2v) is 9.95. The van der Waals surface area contributed by atoms with Crippen LogP contribution in [0.1, 0.15) is 60.8 Å². The van der Waals surface area contributed by atoms with Crippen molar-refractivity contribution in [2.24, 2.45) is 5.92 Å². The first kappa shape index (κ1) is 32.2. The molecule has 0 bridgehead atoms. The third-order valence-electron chi connectivity index (χ3n) is 4.93. The van der Waals surface area contributed by atoms with Crippen LogP contribution in [0.15, 0.2) is 49.2 Å². The largest absolute Gasteiger partial charge is 0.490 e. The number of anilines is 1. The third-order valence-corrected chi connectivity index (χ3v) is 4.93. The first-order chi connectivity index (χ1) is 17.8. The summed E-state index contributed by atoms with van der Waals surface area (Å²) in [6.07, 6.45) is 4.26. The monoisotopic (exact) mass is 531 g/mol. The normalized spacial score (nSPS) is 12.0. The van der Waals surface area contributed by atoms with Crippen molar-refractivity contribution in [2.45, 2.75) is 72.4 Å². The molecule has 210 valence electrons. The number of ether oxygens (including phenoxy) is 3. The van der Waals surface area contributed by atoms with Crippen molar-refractivity contribution in [1.82, 2.24) is 10.3 Å². The van der Waals surface area contributed by atoms with Crippen LogP contribution in [0.5, 0.6) is 5.75 Å². The van der Waals surface area contributed by atoms with E-state index in [4.69, 9.17) is 9.47 Å². The summed E-state index contributed by atoms with van der Waals surface area (Å²) < 4.78 is 15.5. The van der Waals surface area contributed by atoms with Crippen LogP contribution >= 0.6 is 0 Å². The van der Waals surface area contributed by atoms with Gasteiger partial charge in [0.1, 0.15) is 24.0 Å². The number of nitrogens with one attached hydrogen (secondary N) is 1. The van der Waals surface area contributed by atoms with Gasteiger partial charge in [-0.3, -0.25) is 14.4 Å². The molecule has 10 heteroatoms. The first-order valence-electron chi connectivity index (χ1n) is 12.5. The highest BCUT2D eigenvalue weighted by molar-refractivity contribution is 6.00. The van der Waals surface area contributed by atoms with Crippen molar-refractivity contribution in [3.63, 3.8) is 0 Å². The van der Waals surface area contributed by atoms with Gasteiger partial charge in [0.2, 0.25) is 5.91 Å². The Kier molecular flexibility index (Phi) is 13.1. The maximum atomic E-state index is 13.7. The van der Waals surface area contributed by atoms with Gasteiger partial charge in [0, 0.05) is 12.6 Å². The van der Waals surface area contributed by atoms with E-state index < -0.39 is 29.6 Å². The SMILES string of the molecule is C=CCOc1ccc(N(C(=O)[C@H](C)NC(=O)OC(C)(C)C)N(C=CCC(=O)OC)C(=O)CCC(C)C)cc1. The third kappa shape index (κ3) is 11.5. The van der Waals surface area contributed by atoms with Gasteiger partial charge in [-0.05, 0) is 64.3 Å². The molecule has 0 radical (unpaired) electrons. The summed E-state index contributed by atoms with van der Waals surface area (Å²) in [5.41, 5.74) is -0.414. The molecule has 0 unspecified atom stereocenters. The Morgan fingerprint density at radius 3 is 2.24 bits per heavy atom. The van der Waals surface area contributed by atoms with Crippen LogP contribution < -0.4 is 15.1 Å². The second-order valence-electron chi connectivity index (χ2n) is 9.95. The number of rotatable bonds is 12. The minimum Gasteiger partial charge on any atom is -0.490 e. The van der Waals surface area contributed by atoms with E-state index in [1.165, 1.54) is 26.3 Å². The zero-order valence-electron chi connectivity index (χ0n) is 23.5. The van der Waals surface area contributed by atoms with Crippen LogP contribution in [0.25, 0.3) is 0 Å². The van der Waals surface area contributed by atoms with Crippen molar-refractivity contribution >= 4 is 29.6 Å². The van der Waals surface area contributed by atoms with Gasteiger partial charge in [0.15, 0.2) is 0 Å². The van der Waals surface area contributed by atoms with Gasteiger partial charge in [-0.1, -0.05) is 32.6 Å². The van der Waals surface area contributed by atoms with Gasteiger partial charge in [-0.15, -0.1) is 0 Å². The zero-order valence-corrected chi connectivity index (χ0v) is 23.5.